The Morgan fingerprint density at radius 1 is 1.40 bits per heavy atom. The molecule has 0 radical (unpaired) electrons. The van der Waals surface area contributed by atoms with Crippen LogP contribution in [0.2, 0.25) is 0 Å². The topological polar surface area (TPSA) is 75.9 Å². The minimum absolute atomic E-state index is 0.229. The highest BCUT2D eigenvalue weighted by atomic mass is 16.5. The molecule has 0 aromatic rings. The van der Waals surface area contributed by atoms with E-state index in [2.05, 4.69) is 11.5 Å². The summed E-state index contributed by atoms with van der Waals surface area (Å²) in [5.41, 5.74) is 5.53. The van der Waals surface area contributed by atoms with Crippen molar-refractivity contribution < 1.29 is 14.3 Å². The Bertz CT molecular complexity index is 387. The van der Waals surface area contributed by atoms with Gasteiger partial charge in [-0.3, -0.25) is 14.5 Å². The van der Waals surface area contributed by atoms with Crippen LogP contribution in [-0.4, -0.2) is 61.0 Å². The number of carbonyl (C=O) groups excluding carboxylic acids is 2. The fourth-order valence-corrected chi connectivity index (χ4v) is 1.94. The smallest absolute Gasteiger partial charge is 0.249 e. The van der Waals surface area contributed by atoms with Crippen LogP contribution in [0.1, 0.15) is 13.3 Å². The Morgan fingerprint density at radius 3 is 2.60 bits per heavy atom. The van der Waals surface area contributed by atoms with Crippen molar-refractivity contribution in [3.05, 3.63) is 24.4 Å². The maximum atomic E-state index is 11.7. The first-order chi connectivity index (χ1) is 9.54. The van der Waals surface area contributed by atoms with Crippen LogP contribution >= 0.6 is 0 Å². The van der Waals surface area contributed by atoms with E-state index in [1.807, 2.05) is 0 Å². The SMILES string of the molecule is C=CC(=O)N(C=C(C)C(N)=O)CCCN1CCOCC1. The number of nitrogens with zero attached hydrogens (tertiary/aromatic N) is 2. The second-order valence-corrected chi connectivity index (χ2v) is 4.72. The summed E-state index contributed by atoms with van der Waals surface area (Å²) < 4.78 is 5.28. The highest BCUT2D eigenvalue weighted by Gasteiger charge is 2.13. The van der Waals surface area contributed by atoms with Crippen LogP contribution in [0.25, 0.3) is 0 Å². The van der Waals surface area contributed by atoms with E-state index < -0.39 is 5.91 Å². The molecular formula is C14H23N3O3. The molecule has 1 aliphatic heterocycles. The normalized spacial score (nSPS) is 16.8. The molecule has 20 heavy (non-hydrogen) atoms. The molecule has 1 aliphatic rings. The fraction of sp³-hybridized carbons (Fsp3) is 0.571. The number of carbonyl (C=O) groups is 2. The van der Waals surface area contributed by atoms with E-state index in [1.54, 1.807) is 6.92 Å². The zero-order valence-electron chi connectivity index (χ0n) is 12.0. The van der Waals surface area contributed by atoms with E-state index >= 15 is 0 Å². The van der Waals surface area contributed by atoms with Crippen LogP contribution < -0.4 is 5.73 Å². The number of primary amides is 1. The molecule has 6 heteroatoms. The molecule has 0 spiro atoms. The first-order valence-corrected chi connectivity index (χ1v) is 6.76. The van der Waals surface area contributed by atoms with Crippen LogP contribution in [0.3, 0.4) is 0 Å². The lowest BCUT2D eigenvalue weighted by Crippen LogP contribution is -2.38. The van der Waals surface area contributed by atoms with E-state index in [4.69, 9.17) is 10.5 Å². The number of morpholine rings is 1. The second kappa shape index (κ2) is 8.50. The molecule has 0 unspecified atom stereocenters. The summed E-state index contributed by atoms with van der Waals surface area (Å²) in [6, 6.07) is 0. The molecule has 1 saturated heterocycles. The Labute approximate surface area is 119 Å². The molecule has 1 heterocycles. The van der Waals surface area contributed by atoms with Gasteiger partial charge in [0, 0.05) is 38.0 Å². The third kappa shape index (κ3) is 5.54. The monoisotopic (exact) mass is 281 g/mol. The molecule has 0 saturated carbocycles. The molecule has 0 bridgehead atoms. The van der Waals surface area contributed by atoms with Gasteiger partial charge in [0.2, 0.25) is 11.8 Å². The molecule has 0 atom stereocenters. The molecule has 6 nitrogen and oxygen atoms in total. The van der Waals surface area contributed by atoms with Crippen LogP contribution in [0.4, 0.5) is 0 Å². The van der Waals surface area contributed by atoms with Crippen molar-refractivity contribution >= 4 is 11.8 Å². The third-order valence-electron chi connectivity index (χ3n) is 3.17. The number of amides is 2. The molecule has 2 N–H and O–H groups in total. The summed E-state index contributed by atoms with van der Waals surface area (Å²) in [5.74, 6) is -0.757. The summed E-state index contributed by atoms with van der Waals surface area (Å²) in [4.78, 5) is 26.5. The van der Waals surface area contributed by atoms with Crippen molar-refractivity contribution in [3.63, 3.8) is 0 Å². The van der Waals surface area contributed by atoms with Gasteiger partial charge in [0.1, 0.15) is 0 Å². The minimum atomic E-state index is -0.528. The van der Waals surface area contributed by atoms with Gasteiger partial charge < -0.3 is 15.4 Å². The second-order valence-electron chi connectivity index (χ2n) is 4.72. The Hall–Kier alpha value is -1.66. The molecule has 0 aromatic carbocycles. The Kier molecular flexibility index (Phi) is 6.97. The summed E-state index contributed by atoms with van der Waals surface area (Å²) in [5, 5.41) is 0. The quantitative estimate of drug-likeness (QED) is 0.672. The van der Waals surface area contributed by atoms with Crippen molar-refractivity contribution in [1.82, 2.24) is 9.80 Å². The van der Waals surface area contributed by atoms with E-state index in [9.17, 15) is 9.59 Å². The number of ether oxygens (including phenoxy) is 1. The van der Waals surface area contributed by atoms with E-state index in [0.29, 0.717) is 12.1 Å². The number of nitrogens with two attached hydrogens (primary N) is 1. The summed E-state index contributed by atoms with van der Waals surface area (Å²) in [6.45, 7) is 9.85. The van der Waals surface area contributed by atoms with Crippen LogP contribution in [0, 0.1) is 0 Å². The first-order valence-electron chi connectivity index (χ1n) is 6.76. The van der Waals surface area contributed by atoms with E-state index in [1.165, 1.54) is 17.2 Å². The highest BCUT2D eigenvalue weighted by molar-refractivity contribution is 5.93. The molecule has 1 rings (SSSR count). The van der Waals surface area contributed by atoms with Gasteiger partial charge in [-0.05, 0) is 19.4 Å². The van der Waals surface area contributed by atoms with E-state index in [-0.39, 0.29) is 5.91 Å². The zero-order valence-corrected chi connectivity index (χ0v) is 12.0. The predicted molar refractivity (Wildman–Crippen MR) is 76.7 cm³/mol. The summed E-state index contributed by atoms with van der Waals surface area (Å²) in [6.07, 6.45) is 3.55. The lowest BCUT2D eigenvalue weighted by atomic mass is 10.2. The number of hydrogen-bond donors (Lipinski definition) is 1. The van der Waals surface area contributed by atoms with Crippen molar-refractivity contribution in [3.8, 4) is 0 Å². The van der Waals surface area contributed by atoms with Gasteiger partial charge in [-0.2, -0.15) is 0 Å². The lowest BCUT2D eigenvalue weighted by Gasteiger charge is -2.27. The molecule has 2 amide bonds. The van der Waals surface area contributed by atoms with Gasteiger partial charge in [-0.25, -0.2) is 0 Å². The lowest BCUT2D eigenvalue weighted by molar-refractivity contribution is -0.123. The van der Waals surface area contributed by atoms with Crippen LogP contribution in [-0.2, 0) is 14.3 Å². The van der Waals surface area contributed by atoms with Crippen molar-refractivity contribution in [2.45, 2.75) is 13.3 Å². The van der Waals surface area contributed by atoms with Crippen molar-refractivity contribution in [2.75, 3.05) is 39.4 Å². The van der Waals surface area contributed by atoms with Gasteiger partial charge in [-0.1, -0.05) is 6.58 Å². The molecule has 112 valence electrons. The third-order valence-corrected chi connectivity index (χ3v) is 3.17. The highest BCUT2D eigenvalue weighted by Crippen LogP contribution is 2.03. The zero-order chi connectivity index (χ0) is 15.0. The fourth-order valence-electron chi connectivity index (χ4n) is 1.94. The first kappa shape index (κ1) is 16.4. The summed E-state index contributed by atoms with van der Waals surface area (Å²) in [7, 11) is 0. The van der Waals surface area contributed by atoms with Gasteiger partial charge >= 0.3 is 0 Å². The van der Waals surface area contributed by atoms with Crippen LogP contribution in [0.15, 0.2) is 24.4 Å². The standard InChI is InChI=1S/C14H23N3O3/c1-3-13(18)17(11-12(2)14(15)19)6-4-5-16-7-9-20-10-8-16/h3,11H,1,4-10H2,2H3,(H2,15,19). The van der Waals surface area contributed by atoms with Gasteiger partial charge in [0.15, 0.2) is 0 Å². The molecule has 1 fully saturated rings. The van der Waals surface area contributed by atoms with Gasteiger partial charge in [0.05, 0.1) is 13.2 Å². The molecule has 0 aromatic heterocycles. The average molecular weight is 281 g/mol. The Balaban J connectivity index is 2.48. The summed E-state index contributed by atoms with van der Waals surface area (Å²) >= 11 is 0. The molecule has 0 aliphatic carbocycles. The minimum Gasteiger partial charge on any atom is -0.379 e. The predicted octanol–water partition coefficient (Wildman–Crippen LogP) is 0.112. The maximum Gasteiger partial charge on any atom is 0.249 e. The van der Waals surface area contributed by atoms with Crippen molar-refractivity contribution in [2.24, 2.45) is 5.73 Å². The van der Waals surface area contributed by atoms with Gasteiger partial charge in [0.25, 0.3) is 0 Å². The molecular weight excluding hydrogens is 258 g/mol. The average Bonchev–Trinajstić information content (AvgIpc) is 2.46. The van der Waals surface area contributed by atoms with Crippen molar-refractivity contribution in [1.29, 1.82) is 0 Å². The number of hydrogen-bond acceptors (Lipinski definition) is 4. The van der Waals surface area contributed by atoms with E-state index in [0.717, 1.165) is 39.3 Å². The number of rotatable bonds is 7. The van der Waals surface area contributed by atoms with Crippen LogP contribution in [0.5, 0.6) is 0 Å². The Morgan fingerprint density at radius 2 is 2.05 bits per heavy atom. The maximum absolute atomic E-state index is 11.7. The van der Waals surface area contributed by atoms with Gasteiger partial charge in [-0.15, -0.1) is 0 Å². The largest absolute Gasteiger partial charge is 0.379 e.